The number of anilines is 2. The summed E-state index contributed by atoms with van der Waals surface area (Å²) in [6.45, 7) is 4.74. The first-order valence-electron chi connectivity index (χ1n) is 6.36. The largest absolute Gasteiger partial charge is 0.465 e. The summed E-state index contributed by atoms with van der Waals surface area (Å²) < 4.78 is 9.70. The normalized spacial score (nSPS) is 10.2. The van der Waals surface area contributed by atoms with Gasteiger partial charge in [-0.25, -0.2) is 9.59 Å². The highest BCUT2D eigenvalue weighted by atomic mass is 32.1. The van der Waals surface area contributed by atoms with Crippen molar-refractivity contribution in [2.24, 2.45) is 0 Å². The molecule has 7 heteroatoms. The van der Waals surface area contributed by atoms with Crippen LogP contribution in [0.4, 0.5) is 10.7 Å². The van der Waals surface area contributed by atoms with Gasteiger partial charge in [-0.15, -0.1) is 11.3 Å². The van der Waals surface area contributed by atoms with E-state index in [0.29, 0.717) is 5.00 Å². The second-order valence-electron chi connectivity index (χ2n) is 4.16. The summed E-state index contributed by atoms with van der Waals surface area (Å²) >= 11 is 1.15. The summed E-state index contributed by atoms with van der Waals surface area (Å²) in [7, 11) is 3.13. The Kier molecular flexibility index (Phi) is 5.82. The van der Waals surface area contributed by atoms with Crippen LogP contribution in [0.1, 0.15) is 40.3 Å². The number of carbonyl (C=O) groups excluding carboxylic acids is 2. The van der Waals surface area contributed by atoms with Crippen LogP contribution in [0.3, 0.4) is 0 Å². The number of esters is 2. The van der Waals surface area contributed by atoms with E-state index < -0.39 is 11.9 Å². The van der Waals surface area contributed by atoms with Gasteiger partial charge in [0.2, 0.25) is 0 Å². The molecule has 6 nitrogen and oxygen atoms in total. The number of hydrogen-bond acceptors (Lipinski definition) is 7. The third-order valence-corrected chi connectivity index (χ3v) is 3.98. The average Bonchev–Trinajstić information content (AvgIpc) is 2.76. The molecule has 1 aromatic heterocycles. The first-order valence-corrected chi connectivity index (χ1v) is 7.18. The average molecular weight is 300 g/mol. The van der Waals surface area contributed by atoms with Crippen molar-refractivity contribution in [1.82, 2.24) is 0 Å². The van der Waals surface area contributed by atoms with Crippen molar-refractivity contribution < 1.29 is 19.1 Å². The van der Waals surface area contributed by atoms with E-state index in [1.54, 1.807) is 6.92 Å². The van der Waals surface area contributed by atoms with E-state index in [4.69, 9.17) is 15.2 Å². The summed E-state index contributed by atoms with van der Waals surface area (Å²) in [4.78, 5) is 25.9. The van der Waals surface area contributed by atoms with Gasteiger partial charge in [0.05, 0.1) is 19.4 Å². The number of carbonyl (C=O) groups is 2. The molecule has 0 amide bonds. The lowest BCUT2D eigenvalue weighted by Crippen LogP contribution is -2.19. The molecule has 0 aliphatic rings. The molecule has 1 heterocycles. The lowest BCUT2D eigenvalue weighted by molar-refractivity contribution is 0.0533. The van der Waals surface area contributed by atoms with E-state index in [9.17, 15) is 9.59 Å². The van der Waals surface area contributed by atoms with Crippen molar-refractivity contribution in [3.63, 3.8) is 0 Å². The minimum atomic E-state index is -0.549. The van der Waals surface area contributed by atoms with E-state index in [2.05, 4.69) is 0 Å². The van der Waals surface area contributed by atoms with Crippen LogP contribution in [0.25, 0.3) is 0 Å². The zero-order chi connectivity index (χ0) is 15.3. The second kappa shape index (κ2) is 7.14. The first-order chi connectivity index (χ1) is 9.47. The summed E-state index contributed by atoms with van der Waals surface area (Å²) in [6, 6.07) is 0. The molecule has 0 saturated carbocycles. The van der Waals surface area contributed by atoms with E-state index in [1.165, 1.54) is 7.11 Å². The predicted molar refractivity (Wildman–Crippen MR) is 79.6 cm³/mol. The van der Waals surface area contributed by atoms with Crippen molar-refractivity contribution in [3.05, 3.63) is 10.4 Å². The molecule has 1 aromatic rings. The Morgan fingerprint density at radius 1 is 1.30 bits per heavy atom. The predicted octanol–water partition coefficient (Wildman–Crippen LogP) is 2.14. The summed E-state index contributed by atoms with van der Waals surface area (Å²) in [5, 5.41) is 0.624. The van der Waals surface area contributed by atoms with Crippen LogP contribution in [0, 0.1) is 0 Å². The minimum Gasteiger partial charge on any atom is -0.465 e. The molecule has 0 bridgehead atoms. The minimum absolute atomic E-state index is 0.123. The molecule has 0 spiro atoms. The van der Waals surface area contributed by atoms with Crippen molar-refractivity contribution in [1.29, 1.82) is 0 Å². The van der Waals surface area contributed by atoms with E-state index >= 15 is 0 Å². The van der Waals surface area contributed by atoms with Gasteiger partial charge in [-0.2, -0.15) is 0 Å². The zero-order valence-electron chi connectivity index (χ0n) is 12.2. The maximum atomic E-state index is 11.9. The highest BCUT2D eigenvalue weighted by Crippen LogP contribution is 2.38. The second-order valence-corrected chi connectivity index (χ2v) is 5.16. The third kappa shape index (κ3) is 3.22. The van der Waals surface area contributed by atoms with Crippen molar-refractivity contribution in [3.8, 4) is 0 Å². The van der Waals surface area contributed by atoms with Crippen LogP contribution < -0.4 is 10.6 Å². The Balaban J connectivity index is 3.30. The number of nitrogens with zero attached hydrogens (tertiary/aromatic N) is 1. The van der Waals surface area contributed by atoms with Gasteiger partial charge in [-0.3, -0.25) is 0 Å². The molecule has 0 atom stereocenters. The maximum Gasteiger partial charge on any atom is 0.350 e. The van der Waals surface area contributed by atoms with Crippen molar-refractivity contribution >= 4 is 34.0 Å². The number of nitrogens with two attached hydrogens (primary N) is 1. The number of hydrogen-bond donors (Lipinski definition) is 1. The number of ether oxygens (including phenoxy) is 2. The summed E-state index contributed by atoms with van der Waals surface area (Å²) in [5.74, 6) is -1.07. The quantitative estimate of drug-likeness (QED) is 0.811. The molecule has 0 saturated heterocycles. The molecule has 0 unspecified atom stereocenters. The fourth-order valence-electron chi connectivity index (χ4n) is 1.78. The Labute approximate surface area is 122 Å². The van der Waals surface area contributed by atoms with Crippen LogP contribution >= 0.6 is 11.3 Å². The Morgan fingerprint density at radius 2 is 1.95 bits per heavy atom. The van der Waals surface area contributed by atoms with E-state index in [0.717, 1.165) is 24.3 Å². The molecular weight excluding hydrogens is 280 g/mol. The molecule has 0 radical (unpaired) electrons. The third-order valence-electron chi connectivity index (χ3n) is 2.68. The zero-order valence-corrected chi connectivity index (χ0v) is 13.0. The van der Waals surface area contributed by atoms with Gasteiger partial charge in [0.1, 0.15) is 15.4 Å². The van der Waals surface area contributed by atoms with Gasteiger partial charge in [0.25, 0.3) is 0 Å². The fourth-order valence-corrected chi connectivity index (χ4v) is 2.87. The lowest BCUT2D eigenvalue weighted by atomic mass is 10.2. The highest BCUT2D eigenvalue weighted by molar-refractivity contribution is 7.19. The van der Waals surface area contributed by atoms with E-state index in [1.807, 2.05) is 18.9 Å². The first kappa shape index (κ1) is 16.3. The maximum absolute atomic E-state index is 11.9. The van der Waals surface area contributed by atoms with Crippen LogP contribution in [0.2, 0.25) is 0 Å². The standard InChI is InChI=1S/C13H20N2O4S/c1-5-7-15(3)11-8(12(16)18-4)9(14)10(20-11)13(17)19-6-2/h5-7,14H2,1-4H3. The summed E-state index contributed by atoms with van der Waals surface area (Å²) in [5.41, 5.74) is 6.28. The molecule has 20 heavy (non-hydrogen) atoms. The van der Waals surface area contributed by atoms with Crippen LogP contribution in [0.5, 0.6) is 0 Å². The van der Waals surface area contributed by atoms with Gasteiger partial charge in [0.15, 0.2) is 0 Å². The molecule has 2 N–H and O–H groups in total. The number of methoxy groups -OCH3 is 1. The molecular formula is C13H20N2O4S. The van der Waals surface area contributed by atoms with Crippen LogP contribution in [-0.4, -0.2) is 39.2 Å². The molecule has 112 valence electrons. The van der Waals surface area contributed by atoms with Crippen LogP contribution in [-0.2, 0) is 9.47 Å². The fraction of sp³-hybridized carbons (Fsp3) is 0.538. The molecule has 0 fully saturated rings. The molecule has 0 aliphatic heterocycles. The Hall–Kier alpha value is -1.76. The topological polar surface area (TPSA) is 81.9 Å². The molecule has 0 aliphatic carbocycles. The van der Waals surface area contributed by atoms with Gasteiger partial charge in [-0.05, 0) is 13.3 Å². The SMILES string of the molecule is CCCN(C)c1sc(C(=O)OCC)c(N)c1C(=O)OC. The highest BCUT2D eigenvalue weighted by Gasteiger charge is 2.28. The number of rotatable bonds is 6. The van der Waals surface area contributed by atoms with Crippen molar-refractivity contribution in [2.75, 3.05) is 37.9 Å². The molecule has 1 rings (SSSR count). The smallest absolute Gasteiger partial charge is 0.350 e. The van der Waals surface area contributed by atoms with Gasteiger partial charge >= 0.3 is 11.9 Å². The Bertz CT molecular complexity index is 499. The van der Waals surface area contributed by atoms with E-state index in [-0.39, 0.29) is 22.7 Å². The number of nitrogen functional groups attached to an aromatic ring is 1. The number of thiophene rings is 1. The monoisotopic (exact) mass is 300 g/mol. The summed E-state index contributed by atoms with van der Waals surface area (Å²) in [6.07, 6.45) is 0.906. The Morgan fingerprint density at radius 3 is 2.45 bits per heavy atom. The molecule has 0 aromatic carbocycles. The van der Waals surface area contributed by atoms with Gasteiger partial charge < -0.3 is 20.1 Å². The lowest BCUT2D eigenvalue weighted by Gasteiger charge is -2.17. The van der Waals surface area contributed by atoms with Gasteiger partial charge in [-0.1, -0.05) is 6.92 Å². The van der Waals surface area contributed by atoms with Crippen molar-refractivity contribution in [2.45, 2.75) is 20.3 Å². The van der Waals surface area contributed by atoms with Gasteiger partial charge in [0, 0.05) is 13.6 Å². The van der Waals surface area contributed by atoms with Crippen LogP contribution in [0.15, 0.2) is 0 Å².